The van der Waals surface area contributed by atoms with Crippen molar-refractivity contribution in [1.82, 2.24) is 15.3 Å². The number of H-pyrrole nitrogens is 1. The number of carboxylic acid groups (broad SMARTS) is 1. The molecule has 0 aliphatic heterocycles. The number of aliphatic carboxylic acids is 1. The predicted molar refractivity (Wildman–Crippen MR) is 121 cm³/mol. The van der Waals surface area contributed by atoms with Gasteiger partial charge in [-0.2, -0.15) is 0 Å². The second-order valence-corrected chi connectivity index (χ2v) is 8.08. The van der Waals surface area contributed by atoms with Crippen molar-refractivity contribution in [2.45, 2.75) is 38.6 Å². The quantitative estimate of drug-likeness (QED) is 0.435. The maximum absolute atomic E-state index is 14.7. The molecule has 3 aromatic rings. The van der Waals surface area contributed by atoms with Crippen LogP contribution in [0, 0.1) is 11.7 Å². The molecule has 1 aromatic heterocycles. The first-order chi connectivity index (χ1) is 15.8. The Morgan fingerprint density at radius 2 is 1.85 bits per heavy atom. The van der Waals surface area contributed by atoms with Crippen LogP contribution < -0.4 is 5.32 Å². The number of carbonyl (C=O) groups excluding carboxylic acids is 2. The molecule has 3 rings (SSSR count). The van der Waals surface area contributed by atoms with Gasteiger partial charge in [0.25, 0.3) is 0 Å². The number of ketones is 1. The largest absolute Gasteiger partial charge is 0.480 e. The molecule has 7 nitrogen and oxygen atoms in total. The Balaban J connectivity index is 1.62. The molecule has 8 heteroatoms. The van der Waals surface area contributed by atoms with Crippen molar-refractivity contribution in [1.29, 1.82) is 0 Å². The number of nitrogens with zero attached hydrogens (tertiary/aromatic N) is 1. The fourth-order valence-corrected chi connectivity index (χ4v) is 3.54. The number of carboxylic acids is 1. The standard InChI is InChI=1S/C25H26FN3O4/c1-15(24(31)29-22(25(32)33)12-19-13-27-14-28-19)10-23(30)16(2)18-8-9-20(21(26)11-18)17-6-4-3-5-7-17/h3-9,11,13-16,22H,10,12H2,1-2H3,(H,27,28)(H,29,31)(H,32,33). The van der Waals surface area contributed by atoms with Crippen molar-refractivity contribution >= 4 is 17.7 Å². The maximum Gasteiger partial charge on any atom is 0.326 e. The van der Waals surface area contributed by atoms with E-state index in [-0.39, 0.29) is 18.6 Å². The summed E-state index contributed by atoms with van der Waals surface area (Å²) in [5, 5.41) is 11.9. The molecule has 172 valence electrons. The van der Waals surface area contributed by atoms with Gasteiger partial charge in [0.1, 0.15) is 17.6 Å². The Bertz CT molecular complexity index is 1120. The number of Topliss-reactive ketones (excluding diaryl/α,β-unsaturated/α-hetero) is 1. The number of carbonyl (C=O) groups is 3. The Morgan fingerprint density at radius 3 is 2.45 bits per heavy atom. The molecular weight excluding hydrogens is 425 g/mol. The summed E-state index contributed by atoms with van der Waals surface area (Å²) in [6, 6.07) is 12.7. The van der Waals surface area contributed by atoms with Crippen LogP contribution in [0.2, 0.25) is 0 Å². The number of benzene rings is 2. The third-order valence-corrected chi connectivity index (χ3v) is 5.61. The van der Waals surface area contributed by atoms with E-state index in [2.05, 4.69) is 15.3 Å². The zero-order valence-electron chi connectivity index (χ0n) is 18.4. The van der Waals surface area contributed by atoms with Crippen molar-refractivity contribution < 1.29 is 23.9 Å². The molecule has 0 aliphatic carbocycles. The maximum atomic E-state index is 14.7. The minimum Gasteiger partial charge on any atom is -0.480 e. The molecule has 0 aliphatic rings. The van der Waals surface area contributed by atoms with E-state index in [0.717, 1.165) is 5.56 Å². The molecular formula is C25H26FN3O4. The summed E-state index contributed by atoms with van der Waals surface area (Å²) in [4.78, 5) is 43.4. The van der Waals surface area contributed by atoms with Crippen LogP contribution in [0.1, 0.15) is 37.4 Å². The molecule has 0 saturated carbocycles. The van der Waals surface area contributed by atoms with Crippen molar-refractivity contribution in [3.05, 3.63) is 78.1 Å². The van der Waals surface area contributed by atoms with Crippen molar-refractivity contribution in [2.75, 3.05) is 0 Å². The average molecular weight is 451 g/mol. The summed E-state index contributed by atoms with van der Waals surface area (Å²) in [5.41, 5.74) is 2.28. The Hall–Kier alpha value is -3.81. The van der Waals surface area contributed by atoms with Gasteiger partial charge in [-0.3, -0.25) is 9.59 Å². The summed E-state index contributed by atoms with van der Waals surface area (Å²) in [5.74, 6) is -3.72. The van der Waals surface area contributed by atoms with Gasteiger partial charge < -0.3 is 15.4 Å². The number of amides is 1. The van der Waals surface area contributed by atoms with Crippen molar-refractivity contribution in [3.63, 3.8) is 0 Å². The third-order valence-electron chi connectivity index (χ3n) is 5.61. The highest BCUT2D eigenvalue weighted by atomic mass is 19.1. The van der Waals surface area contributed by atoms with Gasteiger partial charge in [0, 0.05) is 42.1 Å². The highest BCUT2D eigenvalue weighted by Gasteiger charge is 2.27. The average Bonchev–Trinajstić information content (AvgIpc) is 3.31. The van der Waals surface area contributed by atoms with Crippen molar-refractivity contribution in [2.24, 2.45) is 5.92 Å². The van der Waals surface area contributed by atoms with E-state index in [1.54, 1.807) is 26.0 Å². The van der Waals surface area contributed by atoms with Crippen LogP contribution in [-0.4, -0.2) is 38.8 Å². The van der Waals surface area contributed by atoms with E-state index < -0.39 is 35.6 Å². The van der Waals surface area contributed by atoms with Gasteiger partial charge in [0.15, 0.2) is 0 Å². The molecule has 0 bridgehead atoms. The summed E-state index contributed by atoms with van der Waals surface area (Å²) in [6.07, 6.45) is 2.86. The van der Waals surface area contributed by atoms with Gasteiger partial charge in [0.2, 0.25) is 5.91 Å². The molecule has 2 aromatic carbocycles. The van der Waals surface area contributed by atoms with Gasteiger partial charge in [0.05, 0.1) is 6.33 Å². The number of rotatable bonds is 10. The smallest absolute Gasteiger partial charge is 0.326 e. The van der Waals surface area contributed by atoms with E-state index in [1.807, 2.05) is 30.3 Å². The fourth-order valence-electron chi connectivity index (χ4n) is 3.54. The molecule has 0 fully saturated rings. The monoisotopic (exact) mass is 451 g/mol. The van der Waals surface area contributed by atoms with E-state index in [1.165, 1.54) is 18.6 Å². The van der Waals surface area contributed by atoms with Crippen molar-refractivity contribution in [3.8, 4) is 11.1 Å². The van der Waals surface area contributed by atoms with Crippen LogP contribution in [-0.2, 0) is 20.8 Å². The molecule has 1 heterocycles. The summed E-state index contributed by atoms with van der Waals surface area (Å²) >= 11 is 0. The Kier molecular flexibility index (Phi) is 7.71. The molecule has 0 radical (unpaired) electrons. The number of aromatic amines is 1. The lowest BCUT2D eigenvalue weighted by Crippen LogP contribution is -2.45. The second-order valence-electron chi connectivity index (χ2n) is 8.08. The Morgan fingerprint density at radius 1 is 1.12 bits per heavy atom. The van der Waals surface area contributed by atoms with Gasteiger partial charge >= 0.3 is 5.97 Å². The van der Waals surface area contributed by atoms with Gasteiger partial charge in [-0.25, -0.2) is 14.2 Å². The zero-order chi connectivity index (χ0) is 24.0. The second kappa shape index (κ2) is 10.7. The SMILES string of the molecule is CC(CC(=O)C(C)c1ccc(-c2ccccc2)c(F)c1)C(=O)NC(Cc1cnc[nH]1)C(=O)O. The summed E-state index contributed by atoms with van der Waals surface area (Å²) in [7, 11) is 0. The van der Waals surface area contributed by atoms with Crippen LogP contribution in [0.4, 0.5) is 4.39 Å². The van der Waals surface area contributed by atoms with Crippen LogP contribution in [0.3, 0.4) is 0 Å². The lowest BCUT2D eigenvalue weighted by molar-refractivity contribution is -0.142. The highest BCUT2D eigenvalue weighted by molar-refractivity contribution is 5.91. The number of hydrogen-bond acceptors (Lipinski definition) is 4. The first-order valence-corrected chi connectivity index (χ1v) is 10.6. The predicted octanol–water partition coefficient (Wildman–Crippen LogP) is 3.73. The molecule has 0 spiro atoms. The zero-order valence-corrected chi connectivity index (χ0v) is 18.4. The van der Waals surface area contributed by atoms with Gasteiger partial charge in [-0.1, -0.05) is 56.3 Å². The highest BCUT2D eigenvalue weighted by Crippen LogP contribution is 2.27. The van der Waals surface area contributed by atoms with E-state index in [9.17, 15) is 23.9 Å². The minimum absolute atomic E-state index is 0.0468. The molecule has 3 unspecified atom stereocenters. The molecule has 3 atom stereocenters. The minimum atomic E-state index is -1.18. The van der Waals surface area contributed by atoms with Crippen LogP contribution in [0.25, 0.3) is 11.1 Å². The number of halogens is 1. The van der Waals surface area contributed by atoms with E-state index in [4.69, 9.17) is 0 Å². The van der Waals surface area contributed by atoms with E-state index in [0.29, 0.717) is 16.8 Å². The molecule has 3 N–H and O–H groups in total. The number of aromatic nitrogens is 2. The fraction of sp³-hybridized carbons (Fsp3) is 0.280. The molecule has 0 saturated heterocycles. The summed E-state index contributed by atoms with van der Waals surface area (Å²) in [6.45, 7) is 3.23. The molecule has 1 amide bonds. The number of imidazole rings is 1. The van der Waals surface area contributed by atoms with Crippen LogP contribution >= 0.6 is 0 Å². The lowest BCUT2D eigenvalue weighted by Gasteiger charge is -2.19. The molecule has 33 heavy (non-hydrogen) atoms. The third kappa shape index (κ3) is 6.12. The first kappa shape index (κ1) is 23.8. The number of nitrogens with one attached hydrogen (secondary N) is 2. The van der Waals surface area contributed by atoms with Crippen LogP contribution in [0.15, 0.2) is 61.1 Å². The lowest BCUT2D eigenvalue weighted by atomic mass is 9.89. The normalized spacial score (nSPS) is 13.7. The van der Waals surface area contributed by atoms with E-state index >= 15 is 0 Å². The van der Waals surface area contributed by atoms with Crippen LogP contribution in [0.5, 0.6) is 0 Å². The topological polar surface area (TPSA) is 112 Å². The Labute approximate surface area is 191 Å². The summed E-state index contributed by atoms with van der Waals surface area (Å²) < 4.78 is 14.7. The first-order valence-electron chi connectivity index (χ1n) is 10.6. The van der Waals surface area contributed by atoms with Gasteiger partial charge in [-0.15, -0.1) is 0 Å². The number of hydrogen-bond donors (Lipinski definition) is 3. The van der Waals surface area contributed by atoms with Gasteiger partial charge in [-0.05, 0) is 17.2 Å².